The Morgan fingerprint density at radius 1 is 1.21 bits per heavy atom. The molecule has 0 spiro atoms. The van der Waals surface area contributed by atoms with Gasteiger partial charge in [0, 0.05) is 19.6 Å². The van der Waals surface area contributed by atoms with Crippen LogP contribution in [0.3, 0.4) is 0 Å². The molecule has 14 heavy (non-hydrogen) atoms. The van der Waals surface area contributed by atoms with E-state index in [1.54, 1.807) is 0 Å². The van der Waals surface area contributed by atoms with E-state index in [-0.39, 0.29) is 0 Å². The van der Waals surface area contributed by atoms with Crippen LogP contribution >= 0.6 is 0 Å². The van der Waals surface area contributed by atoms with Gasteiger partial charge in [0.1, 0.15) is 6.29 Å². The molecule has 0 saturated heterocycles. The molecule has 0 unspecified atom stereocenters. The predicted molar refractivity (Wildman–Crippen MR) is 59.4 cm³/mol. The molecule has 2 heteroatoms. The molecule has 0 saturated carbocycles. The second-order valence-electron chi connectivity index (χ2n) is 3.83. The van der Waals surface area contributed by atoms with Gasteiger partial charge in [-0.15, -0.1) is 0 Å². The minimum absolute atomic E-state index is 0.585. The number of hydrogen-bond donors (Lipinski definition) is 0. The van der Waals surface area contributed by atoms with Crippen LogP contribution in [0.4, 0.5) is 0 Å². The van der Waals surface area contributed by atoms with Crippen LogP contribution in [0.1, 0.15) is 52.4 Å². The van der Waals surface area contributed by atoms with E-state index in [1.807, 2.05) is 0 Å². The fourth-order valence-corrected chi connectivity index (χ4v) is 1.52. The van der Waals surface area contributed by atoms with Gasteiger partial charge < -0.3 is 9.53 Å². The minimum Gasteiger partial charge on any atom is -0.381 e. The fourth-order valence-electron chi connectivity index (χ4n) is 1.52. The number of carbonyl (C=O) groups is 1. The highest BCUT2D eigenvalue weighted by Gasteiger charge is 2.07. The average molecular weight is 200 g/mol. The average Bonchev–Trinajstić information content (AvgIpc) is 2.20. The zero-order valence-corrected chi connectivity index (χ0v) is 9.63. The van der Waals surface area contributed by atoms with Crippen molar-refractivity contribution in [2.75, 3.05) is 13.2 Å². The van der Waals surface area contributed by atoms with Crippen LogP contribution in [0.25, 0.3) is 0 Å². The van der Waals surface area contributed by atoms with Crippen molar-refractivity contribution in [2.24, 2.45) is 5.92 Å². The maximum atomic E-state index is 10.2. The van der Waals surface area contributed by atoms with Gasteiger partial charge in [0.15, 0.2) is 0 Å². The van der Waals surface area contributed by atoms with Crippen molar-refractivity contribution in [2.45, 2.75) is 52.4 Å². The summed E-state index contributed by atoms with van der Waals surface area (Å²) in [6.45, 7) is 6.05. The van der Waals surface area contributed by atoms with E-state index in [9.17, 15) is 4.79 Å². The Labute approximate surface area is 88.0 Å². The van der Waals surface area contributed by atoms with Crippen molar-refractivity contribution in [3.05, 3.63) is 0 Å². The molecular weight excluding hydrogens is 176 g/mol. The normalized spacial score (nSPS) is 12.7. The van der Waals surface area contributed by atoms with Crippen molar-refractivity contribution in [1.29, 1.82) is 0 Å². The van der Waals surface area contributed by atoms with Gasteiger partial charge in [-0.1, -0.05) is 26.7 Å². The van der Waals surface area contributed by atoms with Gasteiger partial charge in [-0.3, -0.25) is 0 Å². The molecule has 0 fully saturated rings. The molecule has 2 nitrogen and oxygen atoms in total. The highest BCUT2D eigenvalue weighted by atomic mass is 16.5. The number of carbonyl (C=O) groups excluding carboxylic acids is 1. The molecule has 0 aromatic rings. The van der Waals surface area contributed by atoms with Gasteiger partial charge in [-0.05, 0) is 25.2 Å². The van der Waals surface area contributed by atoms with E-state index in [0.717, 1.165) is 32.3 Å². The van der Waals surface area contributed by atoms with Crippen LogP contribution in [0, 0.1) is 5.92 Å². The quantitative estimate of drug-likeness (QED) is 0.400. The zero-order chi connectivity index (χ0) is 10.6. The first-order valence-electron chi connectivity index (χ1n) is 5.86. The Bertz CT molecular complexity index is 123. The molecule has 0 heterocycles. The first-order valence-corrected chi connectivity index (χ1v) is 5.86. The van der Waals surface area contributed by atoms with Crippen molar-refractivity contribution >= 4 is 6.29 Å². The monoisotopic (exact) mass is 200 g/mol. The Morgan fingerprint density at radius 2 is 2.00 bits per heavy atom. The summed E-state index contributed by atoms with van der Waals surface area (Å²) in [6.07, 6.45) is 7.37. The first-order chi connectivity index (χ1) is 6.85. The Balaban J connectivity index is 3.45. The fraction of sp³-hybridized carbons (Fsp3) is 0.917. The van der Waals surface area contributed by atoms with Crippen LogP contribution in [-0.4, -0.2) is 19.5 Å². The molecule has 0 bridgehead atoms. The molecule has 0 N–H and O–H groups in total. The molecule has 0 aromatic heterocycles. The second-order valence-corrected chi connectivity index (χ2v) is 3.83. The zero-order valence-electron chi connectivity index (χ0n) is 9.63. The van der Waals surface area contributed by atoms with Gasteiger partial charge in [0.2, 0.25) is 0 Å². The predicted octanol–water partition coefficient (Wildman–Crippen LogP) is 3.20. The SMILES string of the molecule is CCCCOC[C@H](CCC)CCC=O. The number of hydrogen-bond acceptors (Lipinski definition) is 2. The first kappa shape index (κ1) is 13.6. The maximum Gasteiger partial charge on any atom is 0.120 e. The van der Waals surface area contributed by atoms with Crippen molar-refractivity contribution < 1.29 is 9.53 Å². The summed E-state index contributed by atoms with van der Waals surface area (Å²) in [5, 5.41) is 0. The lowest BCUT2D eigenvalue weighted by molar-refractivity contribution is -0.108. The van der Waals surface area contributed by atoms with E-state index in [1.165, 1.54) is 19.3 Å². The second kappa shape index (κ2) is 10.7. The molecule has 0 aliphatic rings. The summed E-state index contributed by atoms with van der Waals surface area (Å²) in [6, 6.07) is 0. The van der Waals surface area contributed by atoms with Crippen molar-refractivity contribution in [1.82, 2.24) is 0 Å². The Morgan fingerprint density at radius 3 is 2.57 bits per heavy atom. The van der Waals surface area contributed by atoms with Crippen molar-refractivity contribution in [3.8, 4) is 0 Å². The maximum absolute atomic E-state index is 10.2. The van der Waals surface area contributed by atoms with Gasteiger partial charge >= 0.3 is 0 Å². The molecule has 0 radical (unpaired) electrons. The topological polar surface area (TPSA) is 26.3 Å². The highest BCUT2D eigenvalue weighted by molar-refractivity contribution is 5.49. The third-order valence-electron chi connectivity index (χ3n) is 2.39. The molecule has 0 amide bonds. The van der Waals surface area contributed by atoms with Crippen LogP contribution in [0.15, 0.2) is 0 Å². The molecular formula is C12H24O2. The lowest BCUT2D eigenvalue weighted by Gasteiger charge is -2.14. The van der Waals surface area contributed by atoms with E-state index < -0.39 is 0 Å². The lowest BCUT2D eigenvalue weighted by atomic mass is 9.99. The number of ether oxygens (including phenoxy) is 1. The standard InChI is InChI=1S/C12H24O2/c1-3-5-10-14-11-12(7-4-2)8-6-9-13/h9,12H,3-8,10-11H2,1-2H3/t12-/m1/s1. The van der Waals surface area contributed by atoms with Crippen LogP contribution < -0.4 is 0 Å². The molecule has 0 aliphatic carbocycles. The van der Waals surface area contributed by atoms with Gasteiger partial charge in [0.05, 0.1) is 0 Å². The lowest BCUT2D eigenvalue weighted by Crippen LogP contribution is -2.10. The van der Waals surface area contributed by atoms with E-state index in [4.69, 9.17) is 4.74 Å². The molecule has 1 atom stereocenters. The molecule has 0 rings (SSSR count). The summed E-state index contributed by atoms with van der Waals surface area (Å²) in [5.74, 6) is 0.585. The molecule has 0 aromatic carbocycles. The smallest absolute Gasteiger partial charge is 0.120 e. The summed E-state index contributed by atoms with van der Waals surface area (Å²) < 4.78 is 5.57. The number of unbranched alkanes of at least 4 members (excludes halogenated alkanes) is 1. The Kier molecular flexibility index (Phi) is 10.4. The number of aldehydes is 1. The third-order valence-corrected chi connectivity index (χ3v) is 2.39. The van der Waals surface area contributed by atoms with E-state index in [2.05, 4.69) is 13.8 Å². The Hall–Kier alpha value is -0.370. The van der Waals surface area contributed by atoms with Gasteiger partial charge in [-0.2, -0.15) is 0 Å². The van der Waals surface area contributed by atoms with E-state index >= 15 is 0 Å². The molecule has 0 aliphatic heterocycles. The number of rotatable bonds is 10. The van der Waals surface area contributed by atoms with Crippen molar-refractivity contribution in [3.63, 3.8) is 0 Å². The largest absolute Gasteiger partial charge is 0.381 e. The van der Waals surface area contributed by atoms with Crippen LogP contribution in [-0.2, 0) is 9.53 Å². The summed E-state index contributed by atoms with van der Waals surface area (Å²) in [4.78, 5) is 10.2. The third kappa shape index (κ3) is 8.24. The van der Waals surface area contributed by atoms with Gasteiger partial charge in [0.25, 0.3) is 0 Å². The summed E-state index contributed by atoms with van der Waals surface area (Å²) in [7, 11) is 0. The summed E-state index contributed by atoms with van der Waals surface area (Å²) in [5.41, 5.74) is 0. The van der Waals surface area contributed by atoms with Crippen LogP contribution in [0.5, 0.6) is 0 Å². The van der Waals surface area contributed by atoms with Gasteiger partial charge in [-0.25, -0.2) is 0 Å². The highest BCUT2D eigenvalue weighted by Crippen LogP contribution is 2.13. The van der Waals surface area contributed by atoms with Crippen LogP contribution in [0.2, 0.25) is 0 Å². The van der Waals surface area contributed by atoms with E-state index in [0.29, 0.717) is 12.3 Å². The summed E-state index contributed by atoms with van der Waals surface area (Å²) >= 11 is 0. The minimum atomic E-state index is 0.585. The molecule has 84 valence electrons.